The van der Waals surface area contributed by atoms with Gasteiger partial charge in [0, 0.05) is 31.4 Å². The Bertz CT molecular complexity index is 448. The van der Waals surface area contributed by atoms with Crippen molar-refractivity contribution in [1.82, 2.24) is 14.5 Å². The number of carbonyl (C=O) groups excluding carboxylic acids is 1. The first-order chi connectivity index (χ1) is 9.16. The Kier molecular flexibility index (Phi) is 3.21. The molecule has 5 nitrogen and oxygen atoms in total. The molecule has 5 heteroatoms. The van der Waals surface area contributed by atoms with E-state index in [2.05, 4.69) is 28.7 Å². The van der Waals surface area contributed by atoms with E-state index < -0.39 is 0 Å². The van der Waals surface area contributed by atoms with Crippen LogP contribution in [-0.4, -0.2) is 39.0 Å². The summed E-state index contributed by atoms with van der Waals surface area (Å²) >= 11 is 0. The molecule has 3 rings (SSSR count). The number of aryl methyl sites for hydroxylation is 1. The van der Waals surface area contributed by atoms with Gasteiger partial charge in [0.15, 0.2) is 0 Å². The molecule has 1 saturated heterocycles. The molecule has 1 amide bonds. The molecule has 2 atom stereocenters. The van der Waals surface area contributed by atoms with Crippen LogP contribution in [0.3, 0.4) is 0 Å². The zero-order valence-electron chi connectivity index (χ0n) is 11.7. The fraction of sp³-hybridized carbons (Fsp3) is 0.714. The zero-order chi connectivity index (χ0) is 13.4. The van der Waals surface area contributed by atoms with Gasteiger partial charge < -0.3 is 14.8 Å². The summed E-state index contributed by atoms with van der Waals surface area (Å²) in [7, 11) is 0. The third kappa shape index (κ3) is 2.22. The highest BCUT2D eigenvalue weighted by atomic mass is 16.2. The Morgan fingerprint density at radius 2 is 2.05 bits per heavy atom. The maximum Gasteiger partial charge on any atom is 0.274 e. The maximum absolute atomic E-state index is 12.7. The van der Waals surface area contributed by atoms with E-state index in [9.17, 15) is 4.79 Å². The van der Waals surface area contributed by atoms with Crippen molar-refractivity contribution < 1.29 is 4.79 Å². The van der Waals surface area contributed by atoms with E-state index in [4.69, 9.17) is 0 Å². The maximum atomic E-state index is 12.7. The number of likely N-dealkylation sites (tertiary alicyclic amines) is 1. The number of amides is 1. The highest BCUT2D eigenvalue weighted by Crippen LogP contribution is 2.25. The van der Waals surface area contributed by atoms with E-state index in [-0.39, 0.29) is 5.91 Å². The Morgan fingerprint density at radius 1 is 1.32 bits per heavy atom. The first-order valence-electron chi connectivity index (χ1n) is 7.30. The molecule has 1 aromatic heterocycles. The van der Waals surface area contributed by atoms with Gasteiger partial charge in [-0.3, -0.25) is 4.79 Å². The minimum absolute atomic E-state index is 0.0865. The highest BCUT2D eigenvalue weighted by Gasteiger charge is 2.31. The van der Waals surface area contributed by atoms with Gasteiger partial charge in [0.1, 0.15) is 5.69 Å². The SMILES string of the molecule is CC1CCCC(C)N1C(=O)c1cn2c(n1)NCCC2. The molecular formula is C14H22N4O. The summed E-state index contributed by atoms with van der Waals surface area (Å²) in [6, 6.07) is 0.644. The van der Waals surface area contributed by atoms with Crippen LogP contribution in [0.25, 0.3) is 0 Å². The summed E-state index contributed by atoms with van der Waals surface area (Å²) in [5.74, 6) is 0.926. The molecule has 104 valence electrons. The third-order valence-corrected chi connectivity index (χ3v) is 4.28. The molecule has 1 fully saturated rings. The van der Waals surface area contributed by atoms with Crippen molar-refractivity contribution in [2.24, 2.45) is 0 Å². The number of aromatic nitrogens is 2. The van der Waals surface area contributed by atoms with Gasteiger partial charge in [-0.1, -0.05) is 0 Å². The Hall–Kier alpha value is -1.52. The van der Waals surface area contributed by atoms with Crippen LogP contribution >= 0.6 is 0 Å². The number of nitrogens with zero attached hydrogens (tertiary/aromatic N) is 3. The van der Waals surface area contributed by atoms with Crippen molar-refractivity contribution in [1.29, 1.82) is 0 Å². The third-order valence-electron chi connectivity index (χ3n) is 4.28. The van der Waals surface area contributed by atoms with E-state index in [0.29, 0.717) is 17.8 Å². The van der Waals surface area contributed by atoms with Crippen molar-refractivity contribution >= 4 is 11.9 Å². The van der Waals surface area contributed by atoms with Crippen LogP contribution in [0, 0.1) is 0 Å². The lowest BCUT2D eigenvalue weighted by Gasteiger charge is -2.38. The number of fused-ring (bicyclic) bond motifs is 1. The van der Waals surface area contributed by atoms with Gasteiger partial charge in [0.2, 0.25) is 5.95 Å². The fourth-order valence-corrected chi connectivity index (χ4v) is 3.23. The second kappa shape index (κ2) is 4.87. The van der Waals surface area contributed by atoms with Crippen LogP contribution in [0.2, 0.25) is 0 Å². The Labute approximate surface area is 114 Å². The number of carbonyl (C=O) groups is 1. The van der Waals surface area contributed by atoms with Crippen LogP contribution in [0.4, 0.5) is 5.95 Å². The molecule has 1 N–H and O–H groups in total. The van der Waals surface area contributed by atoms with Crippen LogP contribution in [0.15, 0.2) is 6.20 Å². The van der Waals surface area contributed by atoms with E-state index in [0.717, 1.165) is 38.3 Å². The number of anilines is 1. The monoisotopic (exact) mass is 262 g/mol. The van der Waals surface area contributed by atoms with Gasteiger partial charge in [-0.05, 0) is 39.5 Å². The molecule has 3 heterocycles. The minimum Gasteiger partial charge on any atom is -0.356 e. The second-order valence-electron chi connectivity index (χ2n) is 5.76. The molecule has 1 aromatic rings. The molecule has 2 unspecified atom stereocenters. The topological polar surface area (TPSA) is 50.2 Å². The van der Waals surface area contributed by atoms with Gasteiger partial charge >= 0.3 is 0 Å². The van der Waals surface area contributed by atoms with Crippen molar-refractivity contribution in [3.63, 3.8) is 0 Å². The molecule has 0 bridgehead atoms. The number of hydrogen-bond acceptors (Lipinski definition) is 3. The molecule has 0 spiro atoms. The molecule has 2 aliphatic rings. The fourth-order valence-electron chi connectivity index (χ4n) is 3.23. The number of imidazole rings is 1. The van der Waals surface area contributed by atoms with E-state index in [1.54, 1.807) is 0 Å². The van der Waals surface area contributed by atoms with Gasteiger partial charge in [0.25, 0.3) is 5.91 Å². The Balaban J connectivity index is 1.84. The molecular weight excluding hydrogens is 240 g/mol. The largest absolute Gasteiger partial charge is 0.356 e. The van der Waals surface area contributed by atoms with Crippen molar-refractivity contribution in [3.8, 4) is 0 Å². The summed E-state index contributed by atoms with van der Waals surface area (Å²) in [5, 5.41) is 3.24. The van der Waals surface area contributed by atoms with Crippen molar-refractivity contribution in [2.75, 3.05) is 11.9 Å². The predicted molar refractivity (Wildman–Crippen MR) is 74.3 cm³/mol. The lowest BCUT2D eigenvalue weighted by atomic mass is 9.97. The first-order valence-corrected chi connectivity index (χ1v) is 7.30. The van der Waals surface area contributed by atoms with E-state index in [1.165, 1.54) is 6.42 Å². The summed E-state index contributed by atoms with van der Waals surface area (Å²) < 4.78 is 2.05. The molecule has 0 aliphatic carbocycles. The normalized spacial score (nSPS) is 26.7. The predicted octanol–water partition coefficient (Wildman–Crippen LogP) is 2.10. The number of nitrogens with one attached hydrogen (secondary N) is 1. The zero-order valence-corrected chi connectivity index (χ0v) is 11.7. The highest BCUT2D eigenvalue weighted by molar-refractivity contribution is 5.93. The van der Waals surface area contributed by atoms with Gasteiger partial charge in [-0.25, -0.2) is 4.98 Å². The lowest BCUT2D eigenvalue weighted by molar-refractivity contribution is 0.0505. The summed E-state index contributed by atoms with van der Waals surface area (Å²) in [6.45, 7) is 6.18. The molecule has 0 radical (unpaired) electrons. The molecule has 2 aliphatic heterocycles. The lowest BCUT2D eigenvalue weighted by Crippen LogP contribution is -2.47. The minimum atomic E-state index is 0.0865. The smallest absolute Gasteiger partial charge is 0.274 e. The quantitative estimate of drug-likeness (QED) is 0.843. The second-order valence-corrected chi connectivity index (χ2v) is 5.76. The summed E-state index contributed by atoms with van der Waals surface area (Å²) in [5.41, 5.74) is 0.588. The first kappa shape index (κ1) is 12.5. The molecule has 19 heavy (non-hydrogen) atoms. The van der Waals surface area contributed by atoms with E-state index >= 15 is 0 Å². The van der Waals surface area contributed by atoms with Gasteiger partial charge in [-0.2, -0.15) is 0 Å². The average Bonchev–Trinajstić information content (AvgIpc) is 2.82. The van der Waals surface area contributed by atoms with Crippen LogP contribution in [-0.2, 0) is 6.54 Å². The number of rotatable bonds is 1. The average molecular weight is 262 g/mol. The van der Waals surface area contributed by atoms with Crippen molar-refractivity contribution in [3.05, 3.63) is 11.9 Å². The molecule has 0 saturated carbocycles. The summed E-state index contributed by atoms with van der Waals surface area (Å²) in [6.07, 6.45) is 6.41. The standard InChI is InChI=1S/C14H22N4O/c1-10-5-3-6-11(2)18(10)13(19)12-9-17-8-4-7-15-14(17)16-12/h9-11H,3-8H2,1-2H3,(H,15,16). The Morgan fingerprint density at radius 3 is 2.74 bits per heavy atom. The van der Waals surface area contributed by atoms with Crippen molar-refractivity contribution in [2.45, 2.75) is 58.2 Å². The molecule has 0 aromatic carbocycles. The number of hydrogen-bond donors (Lipinski definition) is 1. The summed E-state index contributed by atoms with van der Waals surface area (Å²) in [4.78, 5) is 19.1. The van der Waals surface area contributed by atoms with Crippen LogP contribution in [0.1, 0.15) is 50.0 Å². The van der Waals surface area contributed by atoms with Gasteiger partial charge in [0.05, 0.1) is 0 Å². The number of piperidine rings is 1. The van der Waals surface area contributed by atoms with Crippen LogP contribution in [0.5, 0.6) is 0 Å². The van der Waals surface area contributed by atoms with E-state index in [1.807, 2.05) is 11.1 Å². The van der Waals surface area contributed by atoms with Gasteiger partial charge in [-0.15, -0.1) is 0 Å². The van der Waals surface area contributed by atoms with Crippen LogP contribution < -0.4 is 5.32 Å².